The largest absolute Gasteiger partial charge is 0.480 e. The monoisotopic (exact) mass is 278 g/mol. The van der Waals surface area contributed by atoms with Crippen LogP contribution >= 0.6 is 0 Å². The van der Waals surface area contributed by atoms with Gasteiger partial charge in [-0.15, -0.1) is 10.2 Å². The van der Waals surface area contributed by atoms with E-state index in [0.29, 0.717) is 24.7 Å². The Bertz CT molecular complexity index is 503. The predicted octanol–water partition coefficient (Wildman–Crippen LogP) is 0.655. The van der Waals surface area contributed by atoms with Crippen LogP contribution in [-0.4, -0.2) is 39.8 Å². The highest BCUT2D eigenvalue weighted by Crippen LogP contribution is 2.28. The van der Waals surface area contributed by atoms with E-state index in [4.69, 9.17) is 5.73 Å². The first-order valence-electron chi connectivity index (χ1n) is 6.66. The molecule has 3 N–H and O–H groups in total. The van der Waals surface area contributed by atoms with Crippen LogP contribution in [0.1, 0.15) is 36.7 Å². The van der Waals surface area contributed by atoms with Crippen LogP contribution in [0.2, 0.25) is 0 Å². The number of nitrogens with two attached hydrogens (primary N) is 1. The summed E-state index contributed by atoms with van der Waals surface area (Å²) in [5.74, 6) is -0.616. The zero-order valence-electron chi connectivity index (χ0n) is 11.3. The van der Waals surface area contributed by atoms with E-state index in [0.717, 1.165) is 12.8 Å². The van der Waals surface area contributed by atoms with Gasteiger partial charge in [0.25, 0.3) is 5.91 Å². The first-order chi connectivity index (χ1) is 9.52. The number of rotatable bonds is 4. The second-order valence-corrected chi connectivity index (χ2v) is 4.99. The van der Waals surface area contributed by atoms with Crippen molar-refractivity contribution in [1.82, 2.24) is 10.2 Å². The van der Waals surface area contributed by atoms with Crippen LogP contribution in [0.3, 0.4) is 0 Å². The molecule has 2 unspecified atom stereocenters. The Hall–Kier alpha value is -2.18. The summed E-state index contributed by atoms with van der Waals surface area (Å²) in [4.78, 5) is 24.1. The molecule has 7 heteroatoms. The van der Waals surface area contributed by atoms with E-state index in [9.17, 15) is 14.7 Å². The number of hydrogen-bond donors (Lipinski definition) is 2. The molecule has 7 nitrogen and oxygen atoms in total. The second-order valence-electron chi connectivity index (χ2n) is 4.99. The number of primary amides is 1. The van der Waals surface area contributed by atoms with Gasteiger partial charge in [0.15, 0.2) is 11.5 Å². The van der Waals surface area contributed by atoms with Gasteiger partial charge in [-0.3, -0.25) is 4.79 Å². The molecular weight excluding hydrogens is 260 g/mol. The number of nitrogens with zero attached hydrogens (tertiary/aromatic N) is 3. The number of carbonyl (C=O) groups excluding carboxylic acids is 1. The van der Waals surface area contributed by atoms with Crippen LogP contribution in [0.5, 0.6) is 0 Å². The van der Waals surface area contributed by atoms with Crippen molar-refractivity contribution in [2.75, 3.05) is 11.4 Å². The molecule has 2 rings (SSSR count). The summed E-state index contributed by atoms with van der Waals surface area (Å²) in [6.45, 7) is 2.70. The maximum absolute atomic E-state index is 11.4. The van der Waals surface area contributed by atoms with Crippen LogP contribution in [0.15, 0.2) is 12.1 Å². The van der Waals surface area contributed by atoms with Crippen molar-refractivity contribution in [3.05, 3.63) is 17.8 Å². The van der Waals surface area contributed by atoms with E-state index in [-0.39, 0.29) is 5.69 Å². The van der Waals surface area contributed by atoms with Gasteiger partial charge in [0, 0.05) is 6.54 Å². The summed E-state index contributed by atoms with van der Waals surface area (Å²) in [6.07, 6.45) is 2.51. The van der Waals surface area contributed by atoms with Crippen molar-refractivity contribution in [3.8, 4) is 0 Å². The number of hydrogen-bond acceptors (Lipinski definition) is 5. The summed E-state index contributed by atoms with van der Waals surface area (Å²) in [7, 11) is 0. The molecule has 2 atom stereocenters. The molecule has 1 aromatic rings. The van der Waals surface area contributed by atoms with Gasteiger partial charge >= 0.3 is 5.97 Å². The first-order valence-corrected chi connectivity index (χ1v) is 6.66. The molecule has 1 aliphatic heterocycles. The van der Waals surface area contributed by atoms with E-state index in [1.165, 1.54) is 6.07 Å². The lowest BCUT2D eigenvalue weighted by Crippen LogP contribution is -2.47. The van der Waals surface area contributed by atoms with E-state index < -0.39 is 17.9 Å². The molecule has 0 aliphatic carbocycles. The van der Waals surface area contributed by atoms with Gasteiger partial charge in [-0.25, -0.2) is 4.79 Å². The molecule has 20 heavy (non-hydrogen) atoms. The molecule has 0 bridgehead atoms. The molecule has 0 aromatic carbocycles. The van der Waals surface area contributed by atoms with Crippen molar-refractivity contribution < 1.29 is 14.7 Å². The van der Waals surface area contributed by atoms with Gasteiger partial charge in [-0.05, 0) is 30.9 Å². The quantitative estimate of drug-likeness (QED) is 0.837. The van der Waals surface area contributed by atoms with Crippen LogP contribution in [0.4, 0.5) is 5.82 Å². The number of anilines is 1. The van der Waals surface area contributed by atoms with Crippen LogP contribution in [-0.2, 0) is 4.79 Å². The first kappa shape index (κ1) is 14.2. The molecule has 108 valence electrons. The highest BCUT2D eigenvalue weighted by Gasteiger charge is 2.33. The second kappa shape index (κ2) is 5.85. The number of aliphatic carboxylic acids is 1. The summed E-state index contributed by atoms with van der Waals surface area (Å²) < 4.78 is 0. The van der Waals surface area contributed by atoms with E-state index in [1.54, 1.807) is 11.0 Å². The summed E-state index contributed by atoms with van der Waals surface area (Å²) in [6, 6.07) is 2.47. The standard InChI is InChI=1S/C13H18N4O3/c1-2-8-5-6-17(10(7-8)13(19)20)11-4-3-9(12(14)18)15-16-11/h3-4,8,10H,2,5-7H2,1H3,(H2,14,18)(H,19,20). The Labute approximate surface area is 116 Å². The zero-order chi connectivity index (χ0) is 14.7. The summed E-state index contributed by atoms with van der Waals surface area (Å²) >= 11 is 0. The average molecular weight is 278 g/mol. The van der Waals surface area contributed by atoms with Crippen molar-refractivity contribution in [2.45, 2.75) is 32.2 Å². The van der Waals surface area contributed by atoms with Gasteiger partial charge in [0.05, 0.1) is 0 Å². The lowest BCUT2D eigenvalue weighted by molar-refractivity contribution is -0.139. The third kappa shape index (κ3) is 2.87. The Morgan fingerprint density at radius 1 is 1.45 bits per heavy atom. The number of piperidine rings is 1. The van der Waals surface area contributed by atoms with Gasteiger partial charge in [-0.1, -0.05) is 13.3 Å². The molecule has 2 heterocycles. The minimum atomic E-state index is -0.857. The molecule has 0 spiro atoms. The van der Waals surface area contributed by atoms with E-state index in [1.807, 2.05) is 0 Å². The molecule has 0 radical (unpaired) electrons. The molecule has 1 fully saturated rings. The zero-order valence-corrected chi connectivity index (χ0v) is 11.3. The SMILES string of the molecule is CCC1CCN(c2ccc(C(N)=O)nn2)C(C(=O)O)C1. The average Bonchev–Trinajstić information content (AvgIpc) is 2.46. The van der Waals surface area contributed by atoms with Gasteiger partial charge in [0.2, 0.25) is 0 Å². The summed E-state index contributed by atoms with van der Waals surface area (Å²) in [5.41, 5.74) is 5.18. The fourth-order valence-corrected chi connectivity index (χ4v) is 2.53. The maximum atomic E-state index is 11.4. The molecule has 1 aromatic heterocycles. The van der Waals surface area contributed by atoms with Crippen LogP contribution < -0.4 is 10.6 Å². The Morgan fingerprint density at radius 3 is 2.70 bits per heavy atom. The van der Waals surface area contributed by atoms with Gasteiger partial charge in [0.1, 0.15) is 6.04 Å². The fourth-order valence-electron chi connectivity index (χ4n) is 2.53. The van der Waals surface area contributed by atoms with Crippen LogP contribution in [0, 0.1) is 5.92 Å². The fraction of sp³-hybridized carbons (Fsp3) is 0.538. The molecular formula is C13H18N4O3. The van der Waals surface area contributed by atoms with Crippen LogP contribution in [0.25, 0.3) is 0 Å². The Morgan fingerprint density at radius 2 is 2.20 bits per heavy atom. The number of carboxylic acids is 1. The van der Waals surface area contributed by atoms with Crippen molar-refractivity contribution >= 4 is 17.7 Å². The lowest BCUT2D eigenvalue weighted by atomic mass is 9.89. The predicted molar refractivity (Wildman–Crippen MR) is 72.3 cm³/mol. The van der Waals surface area contributed by atoms with E-state index >= 15 is 0 Å². The normalized spacial score (nSPS) is 22.6. The molecule has 1 aliphatic rings. The summed E-state index contributed by atoms with van der Waals surface area (Å²) in [5, 5.41) is 17.0. The molecule has 0 saturated carbocycles. The number of amides is 1. The third-order valence-electron chi connectivity index (χ3n) is 3.77. The van der Waals surface area contributed by atoms with Gasteiger partial charge < -0.3 is 15.7 Å². The number of carboxylic acid groups (broad SMARTS) is 1. The number of carbonyl (C=O) groups is 2. The smallest absolute Gasteiger partial charge is 0.326 e. The Balaban J connectivity index is 2.21. The van der Waals surface area contributed by atoms with Gasteiger partial charge in [-0.2, -0.15) is 0 Å². The topological polar surface area (TPSA) is 109 Å². The third-order valence-corrected chi connectivity index (χ3v) is 3.77. The highest BCUT2D eigenvalue weighted by atomic mass is 16.4. The van der Waals surface area contributed by atoms with Crippen molar-refractivity contribution in [2.24, 2.45) is 11.7 Å². The van der Waals surface area contributed by atoms with Crippen molar-refractivity contribution in [1.29, 1.82) is 0 Å². The number of aromatic nitrogens is 2. The minimum Gasteiger partial charge on any atom is -0.480 e. The maximum Gasteiger partial charge on any atom is 0.326 e. The van der Waals surface area contributed by atoms with E-state index in [2.05, 4.69) is 17.1 Å². The minimum absolute atomic E-state index is 0.0732. The highest BCUT2D eigenvalue weighted by molar-refractivity contribution is 5.90. The van der Waals surface area contributed by atoms with Crippen molar-refractivity contribution in [3.63, 3.8) is 0 Å². The molecule has 1 amide bonds. The molecule has 1 saturated heterocycles. The Kier molecular flexibility index (Phi) is 4.16. The lowest BCUT2D eigenvalue weighted by Gasteiger charge is -2.37.